The lowest BCUT2D eigenvalue weighted by Gasteiger charge is -2.37. The number of ether oxygens (including phenoxy) is 1. The maximum absolute atomic E-state index is 13.0. The van der Waals surface area contributed by atoms with Gasteiger partial charge in [-0.2, -0.15) is 13.2 Å². The van der Waals surface area contributed by atoms with Gasteiger partial charge in [0.15, 0.2) is 0 Å². The zero-order chi connectivity index (χ0) is 23.1. The van der Waals surface area contributed by atoms with Crippen LogP contribution in [0.25, 0.3) is 0 Å². The van der Waals surface area contributed by atoms with E-state index in [9.17, 15) is 18.0 Å². The zero-order valence-electron chi connectivity index (χ0n) is 19.2. The summed E-state index contributed by atoms with van der Waals surface area (Å²) in [6.07, 6.45) is 1.18. The molecule has 1 heterocycles. The van der Waals surface area contributed by atoms with Crippen LogP contribution in [0.2, 0.25) is 0 Å². The second kappa shape index (κ2) is 11.4. The molecule has 1 N–H and O–H groups in total. The molecule has 0 radical (unpaired) electrons. The Morgan fingerprint density at radius 3 is 2.44 bits per heavy atom. The van der Waals surface area contributed by atoms with E-state index in [-0.39, 0.29) is 24.7 Å². The van der Waals surface area contributed by atoms with E-state index in [1.54, 1.807) is 6.07 Å². The van der Waals surface area contributed by atoms with Crippen LogP contribution in [0.15, 0.2) is 24.3 Å². The van der Waals surface area contributed by atoms with Crippen LogP contribution in [0.1, 0.15) is 51.5 Å². The van der Waals surface area contributed by atoms with Gasteiger partial charge in [0, 0.05) is 37.9 Å². The molecule has 2 aliphatic rings. The second-order valence-electron chi connectivity index (χ2n) is 9.31. The van der Waals surface area contributed by atoms with Gasteiger partial charge >= 0.3 is 6.18 Å². The molecule has 32 heavy (non-hydrogen) atoms. The SMILES string of the molecule is CC(C)OCC(=O)NC1CCC(CCN2CCN(c3cccc(C(F)(F)F)c3)CC2)CC1. The minimum absolute atomic E-state index is 0.0270. The van der Waals surface area contributed by atoms with Crippen molar-refractivity contribution in [3.05, 3.63) is 29.8 Å². The van der Waals surface area contributed by atoms with E-state index in [1.807, 2.05) is 18.7 Å². The molecule has 3 rings (SSSR count). The molecule has 1 aromatic rings. The molecule has 0 spiro atoms. The molecule has 0 unspecified atom stereocenters. The smallest absolute Gasteiger partial charge is 0.369 e. The fraction of sp³-hybridized carbons (Fsp3) is 0.708. The van der Waals surface area contributed by atoms with Gasteiger partial charge in [-0.25, -0.2) is 0 Å². The summed E-state index contributed by atoms with van der Waals surface area (Å²) < 4.78 is 44.3. The molecule has 0 atom stereocenters. The van der Waals surface area contributed by atoms with Crippen LogP contribution in [-0.4, -0.2) is 62.3 Å². The molecule has 1 amide bonds. The van der Waals surface area contributed by atoms with Crippen molar-refractivity contribution in [2.24, 2.45) is 5.92 Å². The number of nitrogens with zero attached hydrogens (tertiary/aromatic N) is 2. The average Bonchev–Trinajstić information content (AvgIpc) is 2.77. The third-order valence-corrected chi connectivity index (χ3v) is 6.52. The lowest BCUT2D eigenvalue weighted by Crippen LogP contribution is -2.47. The topological polar surface area (TPSA) is 44.8 Å². The van der Waals surface area contributed by atoms with Crippen LogP contribution < -0.4 is 10.2 Å². The molecule has 8 heteroatoms. The highest BCUT2D eigenvalue weighted by atomic mass is 19.4. The Bertz CT molecular complexity index is 725. The Morgan fingerprint density at radius 1 is 1.12 bits per heavy atom. The van der Waals surface area contributed by atoms with Gasteiger partial charge in [-0.15, -0.1) is 0 Å². The molecule has 1 aromatic carbocycles. The van der Waals surface area contributed by atoms with Crippen LogP contribution in [0.3, 0.4) is 0 Å². The first-order valence-corrected chi connectivity index (χ1v) is 11.8. The number of amides is 1. The standard InChI is InChI=1S/C24H36F3N3O2/c1-18(2)32-17-23(31)28-21-8-6-19(7-9-21)10-11-29-12-14-30(15-13-29)22-5-3-4-20(16-22)24(25,26)27/h3-5,16,18-19,21H,6-15,17H2,1-2H3,(H,28,31). The minimum atomic E-state index is -4.30. The molecule has 2 fully saturated rings. The number of anilines is 1. The van der Waals surface area contributed by atoms with Crippen molar-refractivity contribution in [3.8, 4) is 0 Å². The third kappa shape index (κ3) is 7.66. The highest BCUT2D eigenvalue weighted by molar-refractivity contribution is 5.77. The van der Waals surface area contributed by atoms with E-state index in [0.29, 0.717) is 11.6 Å². The predicted octanol–water partition coefficient (Wildman–Crippen LogP) is 4.32. The maximum Gasteiger partial charge on any atom is 0.416 e. The monoisotopic (exact) mass is 455 g/mol. The van der Waals surface area contributed by atoms with Crippen molar-refractivity contribution in [2.45, 2.75) is 64.3 Å². The van der Waals surface area contributed by atoms with Crippen LogP contribution >= 0.6 is 0 Å². The molecule has 5 nitrogen and oxygen atoms in total. The summed E-state index contributed by atoms with van der Waals surface area (Å²) in [7, 11) is 0. The summed E-state index contributed by atoms with van der Waals surface area (Å²) in [5.41, 5.74) is 0.0651. The van der Waals surface area contributed by atoms with E-state index in [2.05, 4.69) is 10.2 Å². The lowest BCUT2D eigenvalue weighted by atomic mass is 9.84. The molecule has 1 saturated heterocycles. The number of carbonyl (C=O) groups excluding carboxylic acids is 1. The van der Waals surface area contributed by atoms with Crippen molar-refractivity contribution in [1.82, 2.24) is 10.2 Å². The Kier molecular flexibility index (Phi) is 8.82. The highest BCUT2D eigenvalue weighted by Crippen LogP contribution is 2.32. The third-order valence-electron chi connectivity index (χ3n) is 6.52. The Labute approximate surface area is 189 Å². The molecular weight excluding hydrogens is 419 g/mol. The average molecular weight is 456 g/mol. The maximum atomic E-state index is 13.0. The van der Waals surface area contributed by atoms with Gasteiger partial charge in [-0.05, 0) is 76.6 Å². The summed E-state index contributed by atoms with van der Waals surface area (Å²) in [5, 5.41) is 3.08. The number of benzene rings is 1. The fourth-order valence-corrected chi connectivity index (χ4v) is 4.58. The first kappa shape index (κ1) is 24.8. The van der Waals surface area contributed by atoms with Gasteiger partial charge < -0.3 is 15.0 Å². The molecule has 0 bridgehead atoms. The van der Waals surface area contributed by atoms with E-state index in [4.69, 9.17) is 4.74 Å². The van der Waals surface area contributed by atoms with Gasteiger partial charge in [0.2, 0.25) is 5.91 Å². The lowest BCUT2D eigenvalue weighted by molar-refractivity contribution is -0.137. The van der Waals surface area contributed by atoms with Gasteiger partial charge in [0.1, 0.15) is 6.61 Å². The number of alkyl halides is 3. The highest BCUT2D eigenvalue weighted by Gasteiger charge is 2.31. The van der Waals surface area contributed by atoms with Gasteiger partial charge in [-0.3, -0.25) is 9.69 Å². The van der Waals surface area contributed by atoms with Crippen molar-refractivity contribution in [1.29, 1.82) is 0 Å². The van der Waals surface area contributed by atoms with E-state index in [1.165, 1.54) is 12.1 Å². The normalized spacial score (nSPS) is 22.9. The zero-order valence-corrected chi connectivity index (χ0v) is 19.2. The van der Waals surface area contributed by atoms with Crippen molar-refractivity contribution in [3.63, 3.8) is 0 Å². The number of hydrogen-bond acceptors (Lipinski definition) is 4. The van der Waals surface area contributed by atoms with Crippen LogP contribution in [0, 0.1) is 5.92 Å². The van der Waals surface area contributed by atoms with E-state index >= 15 is 0 Å². The predicted molar refractivity (Wildman–Crippen MR) is 120 cm³/mol. The second-order valence-corrected chi connectivity index (χ2v) is 9.31. The Morgan fingerprint density at radius 2 is 1.81 bits per heavy atom. The summed E-state index contributed by atoms with van der Waals surface area (Å²) in [6, 6.07) is 5.88. The quantitative estimate of drug-likeness (QED) is 0.634. The van der Waals surface area contributed by atoms with Gasteiger partial charge in [0.05, 0.1) is 11.7 Å². The first-order chi connectivity index (χ1) is 15.2. The molecule has 180 valence electrons. The number of halogens is 3. The summed E-state index contributed by atoms with van der Waals surface area (Å²) >= 11 is 0. The number of rotatable bonds is 8. The van der Waals surface area contributed by atoms with Crippen LogP contribution in [0.4, 0.5) is 18.9 Å². The van der Waals surface area contributed by atoms with Crippen LogP contribution in [-0.2, 0) is 15.7 Å². The summed E-state index contributed by atoms with van der Waals surface area (Å²) in [5.74, 6) is 0.650. The van der Waals surface area contributed by atoms with Crippen molar-refractivity contribution in [2.75, 3.05) is 44.2 Å². The summed E-state index contributed by atoms with van der Waals surface area (Å²) in [4.78, 5) is 16.4. The number of piperazine rings is 1. The molecule has 1 aliphatic heterocycles. The van der Waals surface area contributed by atoms with E-state index < -0.39 is 11.7 Å². The van der Waals surface area contributed by atoms with Gasteiger partial charge in [0.25, 0.3) is 0 Å². The largest absolute Gasteiger partial charge is 0.416 e. The van der Waals surface area contributed by atoms with Gasteiger partial charge in [-0.1, -0.05) is 6.07 Å². The first-order valence-electron chi connectivity index (χ1n) is 11.8. The Hall–Kier alpha value is -1.80. The van der Waals surface area contributed by atoms with Crippen molar-refractivity contribution >= 4 is 11.6 Å². The number of nitrogens with one attached hydrogen (secondary N) is 1. The Balaban J connectivity index is 1.34. The van der Waals surface area contributed by atoms with Crippen LogP contribution in [0.5, 0.6) is 0 Å². The minimum Gasteiger partial charge on any atom is -0.369 e. The molecule has 0 aromatic heterocycles. The molecule has 1 saturated carbocycles. The number of hydrogen-bond donors (Lipinski definition) is 1. The molecule has 1 aliphatic carbocycles. The van der Waals surface area contributed by atoms with E-state index in [0.717, 1.165) is 70.9 Å². The molecular formula is C24H36F3N3O2. The fourth-order valence-electron chi connectivity index (χ4n) is 4.58. The van der Waals surface area contributed by atoms with Crippen molar-refractivity contribution < 1.29 is 22.7 Å². The number of carbonyl (C=O) groups is 1. The summed E-state index contributed by atoms with van der Waals surface area (Å²) in [6.45, 7) is 8.24.